The average Bonchev–Trinajstić information content (AvgIpc) is 2.54. The van der Waals surface area contributed by atoms with E-state index >= 15 is 0 Å². The molecule has 0 bridgehead atoms. The number of aromatic hydroxyl groups is 1. The lowest BCUT2D eigenvalue weighted by atomic mass is 10.0. The summed E-state index contributed by atoms with van der Waals surface area (Å²) in [5.74, 6) is -2.83. The number of benzene rings is 1. The molecule has 7 heteroatoms. The summed E-state index contributed by atoms with van der Waals surface area (Å²) < 4.78 is 13.2. The van der Waals surface area contributed by atoms with Crippen LogP contribution in [0.4, 0.5) is 4.39 Å². The maximum atomic E-state index is 13.2. The number of pyridine rings is 1. The Morgan fingerprint density at radius 2 is 2.00 bits per heavy atom. The van der Waals surface area contributed by atoms with Crippen LogP contribution in [-0.4, -0.2) is 26.9 Å². The van der Waals surface area contributed by atoms with Crippen LogP contribution in [0.1, 0.15) is 40.2 Å². The number of carboxylic acid groups (broad SMARTS) is 1. The molecule has 1 heterocycles. The van der Waals surface area contributed by atoms with Gasteiger partial charge in [-0.05, 0) is 23.8 Å². The van der Waals surface area contributed by atoms with Crippen LogP contribution < -0.4 is 0 Å². The standard InChI is InChI=1S/C17H13FN2O4/c18-12-3-1-2-10(6-12)7-13-8-11(9-19)17(24)16(20-13)14(21)4-5-15(22)23/h1-3,6,8,24H,4-5,7H2,(H,22,23). The van der Waals surface area contributed by atoms with Gasteiger partial charge in [-0.25, -0.2) is 9.37 Å². The van der Waals surface area contributed by atoms with Gasteiger partial charge >= 0.3 is 5.97 Å². The van der Waals surface area contributed by atoms with Crippen LogP contribution in [0.2, 0.25) is 0 Å². The molecular weight excluding hydrogens is 315 g/mol. The second kappa shape index (κ2) is 7.33. The number of carbonyl (C=O) groups excluding carboxylic acids is 1. The number of nitriles is 1. The molecule has 0 spiro atoms. The molecule has 1 aromatic carbocycles. The highest BCUT2D eigenvalue weighted by molar-refractivity contribution is 5.98. The van der Waals surface area contributed by atoms with Crippen LogP contribution in [0.15, 0.2) is 30.3 Å². The third-order valence-corrected chi connectivity index (χ3v) is 3.27. The van der Waals surface area contributed by atoms with E-state index in [1.165, 1.54) is 24.3 Å². The molecule has 0 saturated heterocycles. The number of aromatic nitrogens is 1. The largest absolute Gasteiger partial charge is 0.504 e. The minimum absolute atomic E-state index is 0.143. The van der Waals surface area contributed by atoms with Gasteiger partial charge in [0.25, 0.3) is 0 Å². The monoisotopic (exact) mass is 328 g/mol. The molecule has 6 nitrogen and oxygen atoms in total. The Labute approximate surface area is 136 Å². The summed E-state index contributed by atoms with van der Waals surface area (Å²) in [7, 11) is 0. The summed E-state index contributed by atoms with van der Waals surface area (Å²) in [4.78, 5) is 26.6. The molecule has 2 aromatic rings. The summed E-state index contributed by atoms with van der Waals surface area (Å²) >= 11 is 0. The smallest absolute Gasteiger partial charge is 0.303 e. The molecule has 0 fully saturated rings. The molecule has 0 atom stereocenters. The molecule has 122 valence electrons. The summed E-state index contributed by atoms with van der Waals surface area (Å²) in [6, 6.07) is 8.84. The van der Waals surface area contributed by atoms with Crippen molar-refractivity contribution in [3.8, 4) is 11.8 Å². The van der Waals surface area contributed by atoms with Crippen LogP contribution in [0.25, 0.3) is 0 Å². The number of ketones is 1. The number of carbonyl (C=O) groups is 2. The first-order chi connectivity index (χ1) is 11.4. The van der Waals surface area contributed by atoms with Crippen molar-refractivity contribution >= 4 is 11.8 Å². The SMILES string of the molecule is N#Cc1cc(Cc2cccc(F)c2)nc(C(=O)CCC(=O)O)c1O. The van der Waals surface area contributed by atoms with Crippen LogP contribution >= 0.6 is 0 Å². The van der Waals surface area contributed by atoms with Crippen LogP contribution in [0.5, 0.6) is 5.75 Å². The van der Waals surface area contributed by atoms with Crippen molar-refractivity contribution in [1.82, 2.24) is 4.98 Å². The highest BCUT2D eigenvalue weighted by Gasteiger charge is 2.19. The highest BCUT2D eigenvalue weighted by atomic mass is 19.1. The first kappa shape index (κ1) is 17.1. The second-order valence-corrected chi connectivity index (χ2v) is 5.09. The Hall–Kier alpha value is -3.27. The Morgan fingerprint density at radius 1 is 1.25 bits per heavy atom. The summed E-state index contributed by atoms with van der Waals surface area (Å²) in [5.41, 5.74) is 0.395. The Balaban J connectivity index is 2.36. The molecular formula is C17H13FN2O4. The number of nitrogens with zero attached hydrogens (tertiary/aromatic N) is 2. The Morgan fingerprint density at radius 3 is 2.62 bits per heavy atom. The first-order valence-electron chi connectivity index (χ1n) is 7.03. The number of carboxylic acids is 1. The normalized spacial score (nSPS) is 10.2. The summed E-state index contributed by atoms with van der Waals surface area (Å²) in [5, 5.41) is 27.7. The third kappa shape index (κ3) is 4.14. The number of rotatable bonds is 6. The van der Waals surface area contributed by atoms with Gasteiger partial charge in [0, 0.05) is 18.5 Å². The van der Waals surface area contributed by atoms with E-state index in [0.717, 1.165) is 0 Å². The van der Waals surface area contributed by atoms with E-state index in [1.807, 2.05) is 0 Å². The maximum absolute atomic E-state index is 13.2. The summed E-state index contributed by atoms with van der Waals surface area (Å²) in [6.07, 6.45) is -0.591. The number of hydrogen-bond donors (Lipinski definition) is 2. The molecule has 0 saturated carbocycles. The Bertz CT molecular complexity index is 843. The van der Waals surface area contributed by atoms with Gasteiger partial charge in [-0.1, -0.05) is 12.1 Å². The van der Waals surface area contributed by atoms with Crippen molar-refractivity contribution in [2.45, 2.75) is 19.3 Å². The van der Waals surface area contributed by atoms with Gasteiger partial charge in [-0.2, -0.15) is 5.26 Å². The zero-order valence-corrected chi connectivity index (χ0v) is 12.5. The van der Waals surface area contributed by atoms with Gasteiger partial charge in [-0.15, -0.1) is 0 Å². The van der Waals surface area contributed by atoms with E-state index < -0.39 is 29.7 Å². The van der Waals surface area contributed by atoms with E-state index in [9.17, 15) is 19.1 Å². The van der Waals surface area contributed by atoms with Gasteiger partial charge in [0.15, 0.2) is 11.5 Å². The van der Waals surface area contributed by atoms with Gasteiger partial charge in [0.2, 0.25) is 0 Å². The van der Waals surface area contributed by atoms with Crippen LogP contribution in [-0.2, 0) is 11.2 Å². The zero-order chi connectivity index (χ0) is 17.7. The minimum Gasteiger partial charge on any atom is -0.504 e. The van der Waals surface area contributed by atoms with Gasteiger partial charge in [-0.3, -0.25) is 9.59 Å². The Kier molecular flexibility index (Phi) is 5.22. The number of hydrogen-bond acceptors (Lipinski definition) is 5. The molecule has 2 N–H and O–H groups in total. The number of Topliss-reactive ketones (excluding diaryl/α,β-unsaturated/α-hetero) is 1. The molecule has 1 aromatic heterocycles. The van der Waals surface area contributed by atoms with E-state index in [0.29, 0.717) is 11.3 Å². The second-order valence-electron chi connectivity index (χ2n) is 5.09. The molecule has 0 aliphatic rings. The maximum Gasteiger partial charge on any atom is 0.303 e. The quantitative estimate of drug-likeness (QED) is 0.788. The van der Waals surface area contributed by atoms with Crippen molar-refractivity contribution in [2.75, 3.05) is 0 Å². The topological polar surface area (TPSA) is 111 Å². The number of halogens is 1. The van der Waals surface area contributed by atoms with E-state index in [1.54, 1.807) is 12.1 Å². The van der Waals surface area contributed by atoms with Crippen molar-refractivity contribution in [1.29, 1.82) is 5.26 Å². The van der Waals surface area contributed by atoms with Crippen molar-refractivity contribution in [3.05, 3.63) is 58.7 Å². The molecule has 0 radical (unpaired) electrons. The lowest BCUT2D eigenvalue weighted by Crippen LogP contribution is -2.09. The molecule has 0 aliphatic heterocycles. The lowest BCUT2D eigenvalue weighted by Gasteiger charge is -2.08. The van der Waals surface area contributed by atoms with E-state index in [-0.39, 0.29) is 24.1 Å². The van der Waals surface area contributed by atoms with Crippen molar-refractivity contribution in [3.63, 3.8) is 0 Å². The lowest BCUT2D eigenvalue weighted by molar-refractivity contribution is -0.136. The highest BCUT2D eigenvalue weighted by Crippen LogP contribution is 2.24. The minimum atomic E-state index is -1.15. The predicted molar refractivity (Wildman–Crippen MR) is 81.0 cm³/mol. The van der Waals surface area contributed by atoms with Crippen molar-refractivity contribution < 1.29 is 24.2 Å². The third-order valence-electron chi connectivity index (χ3n) is 3.27. The fraction of sp³-hybridized carbons (Fsp3) is 0.176. The molecule has 0 unspecified atom stereocenters. The van der Waals surface area contributed by atoms with Crippen LogP contribution in [0, 0.1) is 17.1 Å². The fourth-order valence-electron chi connectivity index (χ4n) is 2.16. The average molecular weight is 328 g/mol. The molecule has 24 heavy (non-hydrogen) atoms. The number of aliphatic carboxylic acids is 1. The van der Waals surface area contributed by atoms with E-state index in [4.69, 9.17) is 10.4 Å². The fourth-order valence-corrected chi connectivity index (χ4v) is 2.16. The predicted octanol–water partition coefficient (Wildman–Crippen LogP) is 2.44. The van der Waals surface area contributed by atoms with E-state index in [2.05, 4.69) is 4.98 Å². The van der Waals surface area contributed by atoms with Gasteiger partial charge < -0.3 is 10.2 Å². The molecule has 2 rings (SSSR count). The van der Waals surface area contributed by atoms with Crippen molar-refractivity contribution in [2.24, 2.45) is 0 Å². The summed E-state index contributed by atoms with van der Waals surface area (Å²) in [6.45, 7) is 0. The first-order valence-corrected chi connectivity index (χ1v) is 7.03. The van der Waals surface area contributed by atoms with Crippen LogP contribution in [0.3, 0.4) is 0 Å². The van der Waals surface area contributed by atoms with Gasteiger partial charge in [0.05, 0.1) is 12.0 Å². The zero-order valence-electron chi connectivity index (χ0n) is 12.5. The molecule has 0 aliphatic carbocycles. The van der Waals surface area contributed by atoms with Gasteiger partial charge in [0.1, 0.15) is 17.6 Å². The molecule has 0 amide bonds.